The van der Waals surface area contributed by atoms with Gasteiger partial charge in [0.1, 0.15) is 6.11 Å². The smallest absolute Gasteiger partial charge is 0.120 e. The number of aliphatic hydroxyl groups excluding tert-OH is 1. The molecule has 1 N–H and O–H groups in total. The third kappa shape index (κ3) is 4.48. The summed E-state index contributed by atoms with van der Waals surface area (Å²) in [6.07, 6.45) is 7.76. The normalized spacial score (nSPS) is 3.29. The molecule has 0 amide bonds. The maximum Gasteiger partial charge on any atom is 0.120 e. The van der Waals surface area contributed by atoms with Gasteiger partial charge >= 0.3 is 0 Å². The quantitative estimate of drug-likeness (QED) is 0.325. The summed E-state index contributed by atoms with van der Waals surface area (Å²) in [5.74, 6) is 8.00. The maximum atomic E-state index is 7.74. The lowest BCUT2D eigenvalue weighted by atomic mass is 10.6. The first-order chi connectivity index (χ1) is 3.41. The number of aliphatic hydroxyl groups is 1. The van der Waals surface area contributed by atoms with Gasteiger partial charge in [-0.25, -0.2) is 5.92 Å². The standard InChI is InChI=1S/C6HO/c1-2-3-4-5-6-7/h7H/q-1. The lowest BCUT2D eigenvalue weighted by molar-refractivity contribution is 0.517. The fourth-order valence-corrected chi connectivity index (χ4v) is 0.0905. The highest BCUT2D eigenvalue weighted by Gasteiger charge is 1.37. The molecular formula is C6HO-. The van der Waals surface area contributed by atoms with E-state index in [0.717, 1.165) is 0 Å². The molecule has 0 aliphatic rings. The Morgan fingerprint density at radius 1 is 1.14 bits per heavy atom. The average Bonchev–Trinajstić information content (AvgIpc) is 1.69. The minimum absolute atomic E-state index is 1.56. The van der Waals surface area contributed by atoms with Crippen molar-refractivity contribution in [1.82, 2.24) is 0 Å². The van der Waals surface area contributed by atoms with E-state index in [1.165, 1.54) is 0 Å². The fourth-order valence-electron chi connectivity index (χ4n) is 0.0905. The number of rotatable bonds is 0. The summed E-state index contributed by atoms with van der Waals surface area (Å²) in [4.78, 5) is 0. The van der Waals surface area contributed by atoms with Gasteiger partial charge in [-0.15, -0.1) is 5.92 Å². The first-order valence-electron chi connectivity index (χ1n) is 1.47. The van der Waals surface area contributed by atoms with Crippen LogP contribution in [0.5, 0.6) is 0 Å². The van der Waals surface area contributed by atoms with E-state index in [4.69, 9.17) is 11.5 Å². The van der Waals surface area contributed by atoms with Crippen LogP contribution in [0.25, 0.3) is 0 Å². The molecule has 0 aliphatic heterocycles. The van der Waals surface area contributed by atoms with E-state index >= 15 is 0 Å². The molecule has 0 aromatic carbocycles. The molecule has 1 heteroatoms. The summed E-state index contributed by atoms with van der Waals surface area (Å²) in [5, 5.41) is 7.74. The van der Waals surface area contributed by atoms with Crippen LogP contribution in [-0.4, -0.2) is 5.11 Å². The zero-order valence-corrected chi connectivity index (χ0v) is 3.45. The van der Waals surface area contributed by atoms with Crippen LogP contribution < -0.4 is 0 Å². The van der Waals surface area contributed by atoms with Crippen molar-refractivity contribution < 1.29 is 5.11 Å². The predicted octanol–water partition coefficient (Wildman–Crippen LogP) is -0.0870. The molecule has 1 nitrogen and oxygen atoms in total. The minimum Gasteiger partial charge on any atom is -0.461 e. The topological polar surface area (TPSA) is 20.2 Å². The Morgan fingerprint density at radius 2 is 1.86 bits per heavy atom. The highest BCUT2D eigenvalue weighted by atomic mass is 16.2. The van der Waals surface area contributed by atoms with Crippen molar-refractivity contribution in [2.75, 3.05) is 0 Å². The van der Waals surface area contributed by atoms with Crippen LogP contribution in [0.1, 0.15) is 0 Å². The lowest BCUT2D eigenvalue weighted by Crippen LogP contribution is -1.49. The Hall–Kier alpha value is -1.52. The molecular weight excluding hydrogens is 88.1 g/mol. The second kappa shape index (κ2) is 4.48. The van der Waals surface area contributed by atoms with Crippen molar-refractivity contribution in [2.24, 2.45) is 0 Å². The monoisotopic (exact) mass is 89.0 g/mol. The van der Waals surface area contributed by atoms with E-state index in [-0.39, 0.29) is 0 Å². The van der Waals surface area contributed by atoms with Crippen molar-refractivity contribution in [2.45, 2.75) is 0 Å². The summed E-state index contributed by atoms with van der Waals surface area (Å²) in [6, 6.07) is 0. The van der Waals surface area contributed by atoms with E-state index in [0.29, 0.717) is 0 Å². The Balaban J connectivity index is 3.68. The first-order valence-corrected chi connectivity index (χ1v) is 1.47. The van der Waals surface area contributed by atoms with Gasteiger partial charge in [-0.05, 0) is 0 Å². The molecule has 0 spiro atoms. The summed E-state index contributed by atoms with van der Waals surface area (Å²) in [5.41, 5.74) is 0. The molecule has 0 saturated carbocycles. The molecule has 0 heterocycles. The van der Waals surface area contributed by atoms with E-state index in [1.807, 2.05) is 5.92 Å². The fraction of sp³-hybridized carbons (Fsp3) is 0. The van der Waals surface area contributed by atoms with Gasteiger partial charge in [-0.3, -0.25) is 5.92 Å². The number of hydrogen-bond donors (Lipinski definition) is 1. The Labute approximate surface area is 42.4 Å². The summed E-state index contributed by atoms with van der Waals surface area (Å²) >= 11 is 0. The molecule has 0 fully saturated rings. The zero-order chi connectivity index (χ0) is 5.54. The summed E-state index contributed by atoms with van der Waals surface area (Å²) < 4.78 is 0. The molecule has 32 valence electrons. The molecule has 0 bridgehead atoms. The van der Waals surface area contributed by atoms with Crippen LogP contribution in [0.2, 0.25) is 0 Å². The van der Waals surface area contributed by atoms with E-state index in [9.17, 15) is 0 Å². The van der Waals surface area contributed by atoms with Gasteiger partial charge in [0.2, 0.25) is 0 Å². The van der Waals surface area contributed by atoms with Gasteiger partial charge in [0.25, 0.3) is 0 Å². The molecule has 0 aliphatic carbocycles. The predicted molar refractivity (Wildman–Crippen MR) is 24.6 cm³/mol. The maximum absolute atomic E-state index is 7.74. The molecule has 0 saturated heterocycles. The van der Waals surface area contributed by atoms with Crippen LogP contribution in [0.3, 0.4) is 0 Å². The van der Waals surface area contributed by atoms with E-state index in [2.05, 4.69) is 11.8 Å². The SMILES string of the molecule is [C-]#CC#CC#CO. The third-order valence-corrected chi connectivity index (χ3v) is 0.243. The van der Waals surface area contributed by atoms with Crippen molar-refractivity contribution >= 4 is 0 Å². The van der Waals surface area contributed by atoms with E-state index in [1.54, 1.807) is 12.0 Å². The van der Waals surface area contributed by atoms with Gasteiger partial charge in [-0.2, -0.15) is 0 Å². The van der Waals surface area contributed by atoms with Gasteiger partial charge in [0, 0.05) is 5.92 Å². The second-order valence-electron chi connectivity index (χ2n) is 0.612. The highest BCUT2D eigenvalue weighted by Crippen LogP contribution is 1.46. The van der Waals surface area contributed by atoms with Crippen molar-refractivity contribution in [3.8, 4) is 29.8 Å². The van der Waals surface area contributed by atoms with Gasteiger partial charge in [0.15, 0.2) is 0 Å². The Kier molecular flexibility index (Phi) is 3.51. The lowest BCUT2D eigenvalue weighted by Gasteiger charge is -1.62. The third-order valence-electron chi connectivity index (χ3n) is 0.243. The zero-order valence-electron chi connectivity index (χ0n) is 3.45. The second-order valence-corrected chi connectivity index (χ2v) is 0.612. The van der Waals surface area contributed by atoms with Crippen LogP contribution in [0.4, 0.5) is 0 Å². The molecule has 0 rings (SSSR count). The largest absolute Gasteiger partial charge is 0.461 e. The molecule has 0 aromatic heterocycles. The first kappa shape index (κ1) is 5.48. The molecule has 0 atom stereocenters. The van der Waals surface area contributed by atoms with E-state index < -0.39 is 0 Å². The van der Waals surface area contributed by atoms with Crippen LogP contribution in [0.15, 0.2) is 0 Å². The van der Waals surface area contributed by atoms with Gasteiger partial charge < -0.3 is 11.5 Å². The summed E-state index contributed by atoms with van der Waals surface area (Å²) in [7, 11) is 0. The Morgan fingerprint density at radius 3 is 2.29 bits per heavy atom. The molecule has 0 radical (unpaired) electrons. The van der Waals surface area contributed by atoms with Crippen molar-refractivity contribution in [1.29, 1.82) is 0 Å². The Bertz CT molecular complexity index is 186. The molecule has 7 heavy (non-hydrogen) atoms. The summed E-state index contributed by atoms with van der Waals surface area (Å²) in [6.45, 7) is 0. The minimum atomic E-state index is 1.56. The van der Waals surface area contributed by atoms with Crippen LogP contribution in [0, 0.1) is 36.2 Å². The molecule has 0 unspecified atom stereocenters. The van der Waals surface area contributed by atoms with Crippen molar-refractivity contribution in [3.05, 3.63) is 6.42 Å². The number of hydrogen-bond acceptors (Lipinski definition) is 1. The van der Waals surface area contributed by atoms with Crippen LogP contribution >= 0.6 is 0 Å². The molecule has 0 aromatic rings. The van der Waals surface area contributed by atoms with Gasteiger partial charge in [0.05, 0.1) is 0 Å². The van der Waals surface area contributed by atoms with Crippen LogP contribution in [-0.2, 0) is 0 Å². The van der Waals surface area contributed by atoms with Crippen molar-refractivity contribution in [3.63, 3.8) is 0 Å². The highest BCUT2D eigenvalue weighted by molar-refractivity contribution is 5.31. The van der Waals surface area contributed by atoms with Gasteiger partial charge in [-0.1, -0.05) is 0 Å². The average molecular weight is 89.1 g/mol.